The van der Waals surface area contributed by atoms with Crippen LogP contribution < -0.4 is 9.80 Å². The fourth-order valence-corrected chi connectivity index (χ4v) is 5.32. The lowest BCUT2D eigenvalue weighted by molar-refractivity contribution is 0.0891. The molecule has 1 aliphatic carbocycles. The van der Waals surface area contributed by atoms with Crippen molar-refractivity contribution >= 4 is 34.2 Å². The molecule has 1 fully saturated rings. The summed E-state index contributed by atoms with van der Waals surface area (Å²) in [6, 6.07) is 11.5. The summed E-state index contributed by atoms with van der Waals surface area (Å²) in [7, 11) is 0. The van der Waals surface area contributed by atoms with Gasteiger partial charge in [0.25, 0.3) is 11.8 Å². The Bertz CT molecular complexity index is 1210. The molecular weight excluding hydrogens is 416 g/mol. The molecule has 2 amide bonds. The van der Waals surface area contributed by atoms with Crippen LogP contribution in [0.15, 0.2) is 36.4 Å². The molecule has 0 radical (unpaired) electrons. The summed E-state index contributed by atoms with van der Waals surface area (Å²) in [5.74, 6) is -0.711. The SMILES string of the molecule is Cc1cc(C)nc(N2C(=O)c3cccc4c(N(CCO)C5CCCCC5)ccc(c34)C2=O)n1. The van der Waals surface area contributed by atoms with Crippen molar-refractivity contribution in [3.8, 4) is 0 Å². The average Bonchev–Trinajstić information content (AvgIpc) is 2.81. The normalized spacial score (nSPS) is 16.5. The first-order valence-corrected chi connectivity index (χ1v) is 11.6. The van der Waals surface area contributed by atoms with Crippen molar-refractivity contribution in [3.05, 3.63) is 58.9 Å². The van der Waals surface area contributed by atoms with E-state index in [9.17, 15) is 14.7 Å². The maximum Gasteiger partial charge on any atom is 0.268 e. The minimum atomic E-state index is -0.411. The van der Waals surface area contributed by atoms with Gasteiger partial charge in [0, 0.05) is 51.6 Å². The number of aliphatic hydroxyl groups excluding tert-OH is 1. The van der Waals surface area contributed by atoms with Gasteiger partial charge in [0.1, 0.15) is 0 Å². The molecule has 1 saturated carbocycles. The van der Waals surface area contributed by atoms with Crippen LogP contribution in [0.1, 0.15) is 64.2 Å². The lowest BCUT2D eigenvalue weighted by Crippen LogP contribution is -2.42. The van der Waals surface area contributed by atoms with Gasteiger partial charge in [-0.25, -0.2) is 14.9 Å². The Hall–Kier alpha value is -3.32. The summed E-state index contributed by atoms with van der Waals surface area (Å²) >= 11 is 0. The number of carbonyl (C=O) groups excluding carboxylic acids is 2. The molecule has 33 heavy (non-hydrogen) atoms. The second-order valence-electron chi connectivity index (χ2n) is 8.97. The number of aromatic nitrogens is 2. The highest BCUT2D eigenvalue weighted by Crippen LogP contribution is 2.38. The van der Waals surface area contributed by atoms with Crippen LogP contribution in [0.4, 0.5) is 11.6 Å². The largest absolute Gasteiger partial charge is 0.395 e. The Kier molecular flexibility index (Phi) is 5.58. The number of aliphatic hydroxyl groups is 1. The molecule has 0 spiro atoms. The molecule has 2 aliphatic rings. The van der Waals surface area contributed by atoms with Crippen molar-refractivity contribution in [2.24, 2.45) is 0 Å². The second kappa shape index (κ2) is 8.56. The number of carbonyl (C=O) groups is 2. The zero-order valence-electron chi connectivity index (χ0n) is 19.0. The van der Waals surface area contributed by atoms with Crippen LogP contribution in [0.25, 0.3) is 10.8 Å². The fourth-order valence-electron chi connectivity index (χ4n) is 5.32. The van der Waals surface area contributed by atoms with E-state index in [1.165, 1.54) is 19.3 Å². The van der Waals surface area contributed by atoms with E-state index in [0.29, 0.717) is 40.5 Å². The summed E-state index contributed by atoms with van der Waals surface area (Å²) in [5, 5.41) is 11.3. The summed E-state index contributed by atoms with van der Waals surface area (Å²) < 4.78 is 0. The Morgan fingerprint density at radius 2 is 1.64 bits per heavy atom. The van der Waals surface area contributed by atoms with E-state index in [0.717, 1.165) is 28.8 Å². The van der Waals surface area contributed by atoms with Gasteiger partial charge in [-0.3, -0.25) is 9.59 Å². The number of hydrogen-bond acceptors (Lipinski definition) is 6. The van der Waals surface area contributed by atoms with Crippen LogP contribution in [0.5, 0.6) is 0 Å². The quantitative estimate of drug-likeness (QED) is 0.594. The van der Waals surface area contributed by atoms with E-state index in [2.05, 4.69) is 14.9 Å². The third-order valence-electron chi connectivity index (χ3n) is 6.72. The van der Waals surface area contributed by atoms with E-state index in [1.807, 2.05) is 38.1 Å². The lowest BCUT2D eigenvalue weighted by atomic mass is 9.90. The monoisotopic (exact) mass is 444 g/mol. The average molecular weight is 445 g/mol. The predicted octanol–water partition coefficient (Wildman–Crippen LogP) is 4.18. The van der Waals surface area contributed by atoms with Crippen molar-refractivity contribution in [2.75, 3.05) is 23.0 Å². The number of nitrogens with zero attached hydrogens (tertiary/aromatic N) is 4. The van der Waals surface area contributed by atoms with Crippen molar-refractivity contribution in [1.29, 1.82) is 0 Å². The first-order valence-electron chi connectivity index (χ1n) is 11.6. The minimum Gasteiger partial charge on any atom is -0.395 e. The summed E-state index contributed by atoms with van der Waals surface area (Å²) in [4.78, 5) is 39.1. The number of hydrogen-bond donors (Lipinski definition) is 1. The topological polar surface area (TPSA) is 86.6 Å². The number of aryl methyl sites for hydroxylation is 2. The van der Waals surface area contributed by atoms with Crippen LogP contribution >= 0.6 is 0 Å². The number of benzene rings is 2. The van der Waals surface area contributed by atoms with Gasteiger partial charge in [-0.15, -0.1) is 0 Å². The molecule has 3 aromatic rings. The maximum atomic E-state index is 13.5. The molecular formula is C26H28N4O3. The molecule has 0 unspecified atom stereocenters. The van der Waals surface area contributed by atoms with Gasteiger partial charge >= 0.3 is 0 Å². The molecule has 5 rings (SSSR count). The third kappa shape index (κ3) is 3.66. The highest BCUT2D eigenvalue weighted by Gasteiger charge is 2.37. The van der Waals surface area contributed by atoms with Crippen LogP contribution in [-0.4, -0.2) is 46.1 Å². The smallest absolute Gasteiger partial charge is 0.268 e. The lowest BCUT2D eigenvalue weighted by Gasteiger charge is -2.37. The summed E-state index contributed by atoms with van der Waals surface area (Å²) in [5.41, 5.74) is 3.31. The van der Waals surface area contributed by atoms with E-state index in [-0.39, 0.29) is 12.6 Å². The molecule has 0 saturated heterocycles. The van der Waals surface area contributed by atoms with Gasteiger partial charge in [0.2, 0.25) is 5.95 Å². The zero-order chi connectivity index (χ0) is 23.1. The molecule has 7 nitrogen and oxygen atoms in total. The van der Waals surface area contributed by atoms with Gasteiger partial charge in [0.05, 0.1) is 6.61 Å². The number of anilines is 2. The summed E-state index contributed by atoms with van der Waals surface area (Å²) in [6.07, 6.45) is 5.76. The molecule has 2 aromatic carbocycles. The molecule has 1 aliphatic heterocycles. The van der Waals surface area contributed by atoms with E-state index in [1.54, 1.807) is 12.1 Å². The maximum absolute atomic E-state index is 13.5. The van der Waals surface area contributed by atoms with Crippen LogP contribution in [0.3, 0.4) is 0 Å². The van der Waals surface area contributed by atoms with Crippen molar-refractivity contribution < 1.29 is 14.7 Å². The summed E-state index contributed by atoms with van der Waals surface area (Å²) in [6.45, 7) is 4.21. The molecule has 170 valence electrons. The van der Waals surface area contributed by atoms with Crippen LogP contribution in [0.2, 0.25) is 0 Å². The molecule has 1 N–H and O–H groups in total. The van der Waals surface area contributed by atoms with Crippen molar-refractivity contribution in [2.45, 2.75) is 52.0 Å². The zero-order valence-corrected chi connectivity index (χ0v) is 19.0. The van der Waals surface area contributed by atoms with Crippen LogP contribution in [0, 0.1) is 13.8 Å². The molecule has 0 bridgehead atoms. The van der Waals surface area contributed by atoms with E-state index in [4.69, 9.17) is 0 Å². The number of rotatable bonds is 5. The highest BCUT2D eigenvalue weighted by molar-refractivity contribution is 6.36. The number of amides is 2. The standard InChI is InChI=1S/C26H28N4O3/c1-16-15-17(2)28-26(27-16)30-24(32)20-10-6-9-19-22(12-11-21(23(19)20)25(30)33)29(13-14-31)18-7-4-3-5-8-18/h6,9-12,15,18,31H,3-5,7-8,13-14H2,1-2H3. The van der Waals surface area contributed by atoms with Crippen LogP contribution in [-0.2, 0) is 0 Å². The number of imide groups is 1. The Balaban J connectivity index is 1.65. The molecule has 2 heterocycles. The Morgan fingerprint density at radius 1 is 0.970 bits per heavy atom. The Morgan fingerprint density at radius 3 is 2.30 bits per heavy atom. The van der Waals surface area contributed by atoms with Crippen molar-refractivity contribution in [3.63, 3.8) is 0 Å². The first-order chi connectivity index (χ1) is 16.0. The van der Waals surface area contributed by atoms with Gasteiger partial charge in [-0.2, -0.15) is 0 Å². The third-order valence-corrected chi connectivity index (χ3v) is 6.72. The van der Waals surface area contributed by atoms with Gasteiger partial charge in [0.15, 0.2) is 0 Å². The van der Waals surface area contributed by atoms with E-state index < -0.39 is 11.8 Å². The van der Waals surface area contributed by atoms with Gasteiger partial charge in [-0.1, -0.05) is 31.4 Å². The van der Waals surface area contributed by atoms with Crippen molar-refractivity contribution in [1.82, 2.24) is 9.97 Å². The molecule has 7 heteroatoms. The van der Waals surface area contributed by atoms with E-state index >= 15 is 0 Å². The fraction of sp³-hybridized carbons (Fsp3) is 0.385. The minimum absolute atomic E-state index is 0.0507. The second-order valence-corrected chi connectivity index (χ2v) is 8.97. The predicted molar refractivity (Wildman–Crippen MR) is 128 cm³/mol. The molecule has 1 aromatic heterocycles. The Labute approximate surface area is 193 Å². The highest BCUT2D eigenvalue weighted by atomic mass is 16.3. The van der Waals surface area contributed by atoms with Gasteiger partial charge < -0.3 is 10.0 Å². The van der Waals surface area contributed by atoms with Gasteiger partial charge in [-0.05, 0) is 51.0 Å². The molecule has 0 atom stereocenters. The first kappa shape index (κ1) is 21.5.